The molecule has 0 rings (SSSR count). The molecule has 0 bridgehead atoms. The number of rotatable bonds is 7. The van der Waals surface area contributed by atoms with E-state index in [0.717, 1.165) is 6.42 Å². The third-order valence-corrected chi connectivity index (χ3v) is 2.44. The van der Waals surface area contributed by atoms with Crippen LogP contribution >= 0.6 is 0 Å². The summed E-state index contributed by atoms with van der Waals surface area (Å²) in [6.45, 7) is 7.54. The molecule has 94 valence electrons. The number of carbonyl (C=O) groups excluding carboxylic acids is 1. The molecule has 0 aliphatic rings. The summed E-state index contributed by atoms with van der Waals surface area (Å²) in [5, 5.41) is 14.4. The first-order chi connectivity index (χ1) is 7.38. The van der Waals surface area contributed by atoms with E-state index in [1.807, 2.05) is 13.8 Å². The van der Waals surface area contributed by atoms with Gasteiger partial charge in [-0.1, -0.05) is 20.8 Å². The van der Waals surface area contributed by atoms with Crippen LogP contribution in [0.3, 0.4) is 0 Å². The number of nitrogens with one attached hydrogen (secondary N) is 2. The minimum Gasteiger partial charge on any atom is -0.480 e. The van der Waals surface area contributed by atoms with Gasteiger partial charge in [0.25, 0.3) is 0 Å². The van der Waals surface area contributed by atoms with Gasteiger partial charge >= 0.3 is 5.97 Å². The fourth-order valence-corrected chi connectivity index (χ4v) is 1.24. The van der Waals surface area contributed by atoms with Crippen molar-refractivity contribution in [3.05, 3.63) is 0 Å². The van der Waals surface area contributed by atoms with Crippen LogP contribution in [0.1, 0.15) is 34.1 Å². The smallest absolute Gasteiger partial charge is 0.320 e. The first kappa shape index (κ1) is 14.9. The van der Waals surface area contributed by atoms with Gasteiger partial charge in [-0.25, -0.2) is 0 Å². The second kappa shape index (κ2) is 7.22. The zero-order valence-corrected chi connectivity index (χ0v) is 10.4. The largest absolute Gasteiger partial charge is 0.480 e. The van der Waals surface area contributed by atoms with E-state index >= 15 is 0 Å². The Balaban J connectivity index is 4.02. The first-order valence-corrected chi connectivity index (χ1v) is 5.64. The van der Waals surface area contributed by atoms with Crippen LogP contribution in [0.5, 0.6) is 0 Å². The lowest BCUT2D eigenvalue weighted by atomic mass is 10.1. The van der Waals surface area contributed by atoms with E-state index in [9.17, 15) is 9.59 Å². The molecule has 0 saturated carbocycles. The predicted octanol–water partition coefficient (Wildman–Crippen LogP) is 0.600. The van der Waals surface area contributed by atoms with Gasteiger partial charge < -0.3 is 10.4 Å². The third kappa shape index (κ3) is 5.70. The van der Waals surface area contributed by atoms with Crippen LogP contribution in [0.25, 0.3) is 0 Å². The van der Waals surface area contributed by atoms with Crippen molar-refractivity contribution in [1.82, 2.24) is 10.6 Å². The highest BCUT2D eigenvalue weighted by Gasteiger charge is 2.21. The molecule has 16 heavy (non-hydrogen) atoms. The zero-order chi connectivity index (χ0) is 12.7. The molecule has 2 unspecified atom stereocenters. The molecule has 0 radical (unpaired) electrons. The van der Waals surface area contributed by atoms with Crippen LogP contribution in [-0.4, -0.2) is 35.6 Å². The first-order valence-electron chi connectivity index (χ1n) is 5.64. The fourth-order valence-electron chi connectivity index (χ4n) is 1.24. The third-order valence-electron chi connectivity index (χ3n) is 2.44. The van der Waals surface area contributed by atoms with Crippen LogP contribution in [0, 0.1) is 5.92 Å². The lowest BCUT2D eigenvalue weighted by Crippen LogP contribution is -2.47. The maximum absolute atomic E-state index is 11.4. The summed E-state index contributed by atoms with van der Waals surface area (Å²) in [5.41, 5.74) is 0. The van der Waals surface area contributed by atoms with Crippen molar-refractivity contribution in [3.8, 4) is 0 Å². The van der Waals surface area contributed by atoms with E-state index in [1.165, 1.54) is 0 Å². The van der Waals surface area contributed by atoms with Crippen molar-refractivity contribution in [2.45, 2.75) is 46.2 Å². The summed E-state index contributed by atoms with van der Waals surface area (Å²) in [5.74, 6) is -1.14. The molecule has 0 spiro atoms. The number of carbonyl (C=O) groups is 2. The Morgan fingerprint density at radius 2 is 1.81 bits per heavy atom. The number of aliphatic carboxylic acids is 1. The average molecular weight is 230 g/mol. The molecule has 5 heteroatoms. The van der Waals surface area contributed by atoms with E-state index in [-0.39, 0.29) is 24.4 Å². The predicted molar refractivity (Wildman–Crippen MR) is 62.2 cm³/mol. The van der Waals surface area contributed by atoms with Crippen LogP contribution in [0.4, 0.5) is 0 Å². The van der Waals surface area contributed by atoms with Crippen molar-refractivity contribution in [3.63, 3.8) is 0 Å². The normalized spacial score (nSPS) is 14.6. The van der Waals surface area contributed by atoms with Crippen molar-refractivity contribution in [2.24, 2.45) is 5.92 Å². The summed E-state index contributed by atoms with van der Waals surface area (Å²) < 4.78 is 0. The van der Waals surface area contributed by atoms with E-state index in [1.54, 1.807) is 13.8 Å². The zero-order valence-electron chi connectivity index (χ0n) is 10.4. The second-order valence-corrected chi connectivity index (χ2v) is 4.32. The maximum Gasteiger partial charge on any atom is 0.320 e. The standard InChI is InChI=1S/C11H22N2O3/c1-5-8(4)13-9(14)6-12-10(7(2)3)11(15)16/h7-8,10,12H,5-6H2,1-4H3,(H,13,14)(H,15,16). The van der Waals surface area contributed by atoms with E-state index < -0.39 is 12.0 Å². The van der Waals surface area contributed by atoms with Crippen LogP contribution in [0.15, 0.2) is 0 Å². The number of hydrogen-bond donors (Lipinski definition) is 3. The highest BCUT2D eigenvalue weighted by molar-refractivity contribution is 5.80. The van der Waals surface area contributed by atoms with Crippen LogP contribution in [0.2, 0.25) is 0 Å². The maximum atomic E-state index is 11.4. The van der Waals surface area contributed by atoms with Gasteiger partial charge in [-0.2, -0.15) is 0 Å². The van der Waals surface area contributed by atoms with Gasteiger partial charge in [0, 0.05) is 6.04 Å². The highest BCUT2D eigenvalue weighted by atomic mass is 16.4. The molecule has 0 aliphatic carbocycles. The number of carboxylic acids is 1. The molecule has 0 fully saturated rings. The van der Waals surface area contributed by atoms with Crippen molar-refractivity contribution in [2.75, 3.05) is 6.54 Å². The molecule has 0 aromatic heterocycles. The SMILES string of the molecule is CCC(C)NC(=O)CNC(C(=O)O)C(C)C. The van der Waals surface area contributed by atoms with E-state index in [2.05, 4.69) is 10.6 Å². The molecule has 5 nitrogen and oxygen atoms in total. The van der Waals surface area contributed by atoms with Gasteiger partial charge in [0.15, 0.2) is 0 Å². The average Bonchev–Trinajstić information content (AvgIpc) is 2.16. The monoisotopic (exact) mass is 230 g/mol. The van der Waals surface area contributed by atoms with Crippen molar-refractivity contribution < 1.29 is 14.7 Å². The van der Waals surface area contributed by atoms with E-state index in [4.69, 9.17) is 5.11 Å². The molecule has 2 atom stereocenters. The van der Waals surface area contributed by atoms with Crippen molar-refractivity contribution in [1.29, 1.82) is 0 Å². The number of amides is 1. The Morgan fingerprint density at radius 1 is 1.25 bits per heavy atom. The number of carboxylic acid groups (broad SMARTS) is 1. The van der Waals surface area contributed by atoms with E-state index in [0.29, 0.717) is 0 Å². The Labute approximate surface area is 96.6 Å². The van der Waals surface area contributed by atoms with Gasteiger partial charge in [-0.05, 0) is 19.3 Å². The number of hydrogen-bond acceptors (Lipinski definition) is 3. The molecule has 0 saturated heterocycles. The molecule has 1 amide bonds. The Kier molecular flexibility index (Phi) is 6.72. The van der Waals surface area contributed by atoms with Crippen LogP contribution < -0.4 is 10.6 Å². The lowest BCUT2D eigenvalue weighted by molar-refractivity contribution is -0.140. The molecule has 3 N–H and O–H groups in total. The van der Waals surface area contributed by atoms with Gasteiger partial charge in [0.05, 0.1) is 6.54 Å². The van der Waals surface area contributed by atoms with Gasteiger partial charge in [-0.3, -0.25) is 14.9 Å². The molecule has 0 aromatic carbocycles. The summed E-state index contributed by atoms with van der Waals surface area (Å²) in [6.07, 6.45) is 0.859. The Morgan fingerprint density at radius 3 is 2.19 bits per heavy atom. The molecular formula is C11H22N2O3. The molecular weight excluding hydrogens is 208 g/mol. The van der Waals surface area contributed by atoms with Gasteiger partial charge in [0.2, 0.25) is 5.91 Å². The summed E-state index contributed by atoms with van der Waals surface area (Å²) in [6, 6.07) is -0.556. The molecule has 0 aromatic rings. The highest BCUT2D eigenvalue weighted by Crippen LogP contribution is 2.00. The van der Waals surface area contributed by atoms with Gasteiger partial charge in [0.1, 0.15) is 6.04 Å². The minimum absolute atomic E-state index is 0.0412. The lowest BCUT2D eigenvalue weighted by Gasteiger charge is -2.18. The summed E-state index contributed by atoms with van der Waals surface area (Å²) >= 11 is 0. The molecule has 0 heterocycles. The summed E-state index contributed by atoms with van der Waals surface area (Å²) in [4.78, 5) is 22.2. The van der Waals surface area contributed by atoms with Gasteiger partial charge in [-0.15, -0.1) is 0 Å². The minimum atomic E-state index is -0.925. The molecule has 0 aliphatic heterocycles. The van der Waals surface area contributed by atoms with Crippen LogP contribution in [-0.2, 0) is 9.59 Å². The van der Waals surface area contributed by atoms with Crippen molar-refractivity contribution >= 4 is 11.9 Å². The topological polar surface area (TPSA) is 78.4 Å². The fraction of sp³-hybridized carbons (Fsp3) is 0.818. The Bertz CT molecular complexity index is 241. The Hall–Kier alpha value is -1.10. The second-order valence-electron chi connectivity index (χ2n) is 4.32. The summed E-state index contributed by atoms with van der Waals surface area (Å²) in [7, 11) is 0. The quantitative estimate of drug-likeness (QED) is 0.598.